The molecule has 2 rings (SSSR count). The van der Waals surface area contributed by atoms with Gasteiger partial charge in [0.1, 0.15) is 5.75 Å². The molecule has 1 N–H and O–H groups in total. The van der Waals surface area contributed by atoms with Gasteiger partial charge in [-0.25, -0.2) is 0 Å². The standard InChI is InChI=1S/C12H13NO/c1-8(2)9-3-4-11-10(7-9)12(14)5-6-13-11/h3-8H,1-2H3,(H,13,14). The second kappa shape index (κ2) is 3.29. The monoisotopic (exact) mass is 187 g/mol. The maximum Gasteiger partial charge on any atom is 0.126 e. The molecule has 2 heteroatoms. The molecule has 2 nitrogen and oxygen atoms in total. The number of aromatic hydroxyl groups is 1. The Hall–Kier alpha value is -1.57. The summed E-state index contributed by atoms with van der Waals surface area (Å²) in [5.74, 6) is 0.775. The van der Waals surface area contributed by atoms with Crippen LogP contribution in [0.3, 0.4) is 0 Å². The molecule has 0 aliphatic rings. The van der Waals surface area contributed by atoms with Gasteiger partial charge in [-0.15, -0.1) is 0 Å². The number of nitrogens with zero attached hydrogens (tertiary/aromatic N) is 1. The summed E-state index contributed by atoms with van der Waals surface area (Å²) in [5.41, 5.74) is 2.07. The van der Waals surface area contributed by atoms with Crippen LogP contribution < -0.4 is 0 Å². The summed E-state index contributed by atoms with van der Waals surface area (Å²) in [7, 11) is 0. The van der Waals surface area contributed by atoms with Crippen LogP contribution in [0.15, 0.2) is 30.5 Å². The first-order valence-electron chi connectivity index (χ1n) is 4.76. The Bertz CT molecular complexity index is 463. The lowest BCUT2D eigenvalue weighted by Crippen LogP contribution is -1.87. The highest BCUT2D eigenvalue weighted by Crippen LogP contribution is 2.26. The Labute approximate surface area is 83.2 Å². The third-order valence-electron chi connectivity index (χ3n) is 2.41. The lowest BCUT2D eigenvalue weighted by molar-refractivity contribution is 0.481. The van der Waals surface area contributed by atoms with Crippen LogP contribution in [0.2, 0.25) is 0 Å². The number of aromatic nitrogens is 1. The molecule has 1 aromatic carbocycles. The van der Waals surface area contributed by atoms with Gasteiger partial charge in [0.15, 0.2) is 0 Å². The van der Waals surface area contributed by atoms with Crippen molar-refractivity contribution in [2.75, 3.05) is 0 Å². The van der Waals surface area contributed by atoms with E-state index in [4.69, 9.17) is 0 Å². The summed E-state index contributed by atoms with van der Waals surface area (Å²) in [6.45, 7) is 4.27. The lowest BCUT2D eigenvalue weighted by Gasteiger charge is -2.07. The number of benzene rings is 1. The van der Waals surface area contributed by atoms with Crippen molar-refractivity contribution in [1.29, 1.82) is 0 Å². The van der Waals surface area contributed by atoms with Crippen LogP contribution in [0.1, 0.15) is 25.3 Å². The quantitative estimate of drug-likeness (QED) is 0.744. The van der Waals surface area contributed by atoms with Crippen molar-refractivity contribution in [3.05, 3.63) is 36.0 Å². The Morgan fingerprint density at radius 3 is 2.71 bits per heavy atom. The molecule has 0 amide bonds. The number of pyridine rings is 1. The minimum absolute atomic E-state index is 0.303. The van der Waals surface area contributed by atoms with Crippen LogP contribution in [0.25, 0.3) is 10.9 Å². The molecule has 0 fully saturated rings. The van der Waals surface area contributed by atoms with Gasteiger partial charge in [0, 0.05) is 11.6 Å². The van der Waals surface area contributed by atoms with Crippen LogP contribution >= 0.6 is 0 Å². The summed E-state index contributed by atoms with van der Waals surface area (Å²) in [6.07, 6.45) is 1.62. The Balaban J connectivity index is 2.70. The molecule has 0 saturated carbocycles. The Morgan fingerprint density at radius 2 is 2.00 bits per heavy atom. The van der Waals surface area contributed by atoms with E-state index in [1.807, 2.05) is 12.1 Å². The van der Waals surface area contributed by atoms with Crippen LogP contribution in [0.5, 0.6) is 5.75 Å². The predicted octanol–water partition coefficient (Wildman–Crippen LogP) is 3.06. The first-order valence-corrected chi connectivity index (χ1v) is 4.76. The van der Waals surface area contributed by atoms with Gasteiger partial charge < -0.3 is 5.11 Å². The van der Waals surface area contributed by atoms with E-state index in [0.717, 1.165) is 10.9 Å². The van der Waals surface area contributed by atoms with Gasteiger partial charge in [-0.3, -0.25) is 4.98 Å². The molecule has 0 radical (unpaired) electrons. The van der Waals surface area contributed by atoms with Gasteiger partial charge in [-0.05, 0) is 29.7 Å². The molecular weight excluding hydrogens is 174 g/mol. The topological polar surface area (TPSA) is 33.1 Å². The van der Waals surface area contributed by atoms with Crippen LogP contribution in [0, 0.1) is 0 Å². The molecule has 1 aromatic heterocycles. The second-order valence-electron chi connectivity index (χ2n) is 3.76. The fourth-order valence-electron chi connectivity index (χ4n) is 1.51. The molecule has 72 valence electrons. The van der Waals surface area contributed by atoms with E-state index in [-0.39, 0.29) is 0 Å². The molecule has 0 aliphatic heterocycles. The summed E-state index contributed by atoms with van der Waals surface area (Å²) in [5, 5.41) is 10.5. The van der Waals surface area contributed by atoms with Crippen molar-refractivity contribution in [2.45, 2.75) is 19.8 Å². The first kappa shape index (κ1) is 9.00. The largest absolute Gasteiger partial charge is 0.507 e. The van der Waals surface area contributed by atoms with Crippen molar-refractivity contribution in [3.63, 3.8) is 0 Å². The zero-order valence-electron chi connectivity index (χ0n) is 8.36. The normalized spacial score (nSPS) is 11.1. The summed E-state index contributed by atoms with van der Waals surface area (Å²) >= 11 is 0. The van der Waals surface area contributed by atoms with Crippen LogP contribution in [-0.2, 0) is 0 Å². The minimum atomic E-state index is 0.303. The Morgan fingerprint density at radius 1 is 1.21 bits per heavy atom. The zero-order chi connectivity index (χ0) is 10.1. The van der Waals surface area contributed by atoms with Crippen molar-refractivity contribution < 1.29 is 5.11 Å². The molecule has 14 heavy (non-hydrogen) atoms. The Kier molecular flexibility index (Phi) is 2.12. The first-order chi connectivity index (χ1) is 6.68. The van der Waals surface area contributed by atoms with E-state index < -0.39 is 0 Å². The van der Waals surface area contributed by atoms with E-state index in [0.29, 0.717) is 11.7 Å². The molecular formula is C12H13NO. The fourth-order valence-corrected chi connectivity index (χ4v) is 1.51. The maximum atomic E-state index is 9.64. The van der Waals surface area contributed by atoms with Gasteiger partial charge in [0.2, 0.25) is 0 Å². The lowest BCUT2D eigenvalue weighted by atomic mass is 10.0. The highest BCUT2D eigenvalue weighted by Gasteiger charge is 2.03. The molecule has 1 heterocycles. The molecule has 0 saturated heterocycles. The zero-order valence-corrected chi connectivity index (χ0v) is 8.36. The average Bonchev–Trinajstić information content (AvgIpc) is 2.18. The average molecular weight is 187 g/mol. The predicted molar refractivity (Wildman–Crippen MR) is 57.5 cm³/mol. The van der Waals surface area contributed by atoms with E-state index in [2.05, 4.69) is 24.9 Å². The number of hydrogen-bond acceptors (Lipinski definition) is 2. The van der Waals surface area contributed by atoms with E-state index in [9.17, 15) is 5.11 Å². The highest BCUT2D eigenvalue weighted by atomic mass is 16.3. The molecule has 0 atom stereocenters. The SMILES string of the molecule is CC(C)c1ccc2nccc(O)c2c1. The highest BCUT2D eigenvalue weighted by molar-refractivity contribution is 5.85. The summed E-state index contributed by atoms with van der Waals surface area (Å²) in [6, 6.07) is 7.62. The summed E-state index contributed by atoms with van der Waals surface area (Å²) < 4.78 is 0. The maximum absolute atomic E-state index is 9.64. The third-order valence-corrected chi connectivity index (χ3v) is 2.41. The summed E-state index contributed by atoms with van der Waals surface area (Å²) in [4.78, 5) is 4.18. The molecule has 0 bridgehead atoms. The van der Waals surface area contributed by atoms with E-state index in [1.165, 1.54) is 5.56 Å². The third kappa shape index (κ3) is 1.43. The molecule has 0 spiro atoms. The van der Waals surface area contributed by atoms with Gasteiger partial charge in [0.25, 0.3) is 0 Å². The van der Waals surface area contributed by atoms with Crippen molar-refractivity contribution >= 4 is 10.9 Å². The fraction of sp³-hybridized carbons (Fsp3) is 0.250. The van der Waals surface area contributed by atoms with Gasteiger partial charge >= 0.3 is 0 Å². The number of hydrogen-bond donors (Lipinski definition) is 1. The van der Waals surface area contributed by atoms with E-state index in [1.54, 1.807) is 12.3 Å². The van der Waals surface area contributed by atoms with Crippen LogP contribution in [0.4, 0.5) is 0 Å². The van der Waals surface area contributed by atoms with Crippen molar-refractivity contribution in [2.24, 2.45) is 0 Å². The van der Waals surface area contributed by atoms with Gasteiger partial charge in [-0.1, -0.05) is 19.9 Å². The molecule has 0 unspecified atom stereocenters. The van der Waals surface area contributed by atoms with Crippen LogP contribution in [-0.4, -0.2) is 10.1 Å². The number of rotatable bonds is 1. The molecule has 2 aromatic rings. The van der Waals surface area contributed by atoms with Gasteiger partial charge in [-0.2, -0.15) is 0 Å². The van der Waals surface area contributed by atoms with Crippen molar-refractivity contribution in [1.82, 2.24) is 4.98 Å². The minimum Gasteiger partial charge on any atom is -0.507 e. The van der Waals surface area contributed by atoms with Crippen molar-refractivity contribution in [3.8, 4) is 5.75 Å². The van der Waals surface area contributed by atoms with Gasteiger partial charge in [0.05, 0.1) is 5.52 Å². The second-order valence-corrected chi connectivity index (χ2v) is 3.76. The molecule has 0 aliphatic carbocycles. The van der Waals surface area contributed by atoms with E-state index >= 15 is 0 Å². The number of fused-ring (bicyclic) bond motifs is 1. The smallest absolute Gasteiger partial charge is 0.126 e.